The van der Waals surface area contributed by atoms with Gasteiger partial charge in [0, 0.05) is 31.5 Å². The van der Waals surface area contributed by atoms with Gasteiger partial charge >= 0.3 is 0 Å². The van der Waals surface area contributed by atoms with Crippen LogP contribution in [0.15, 0.2) is 24.3 Å². The summed E-state index contributed by atoms with van der Waals surface area (Å²) in [6.45, 7) is 7.58. The number of hydrogen-bond acceptors (Lipinski definition) is 3. The Morgan fingerprint density at radius 1 is 1.43 bits per heavy atom. The molecule has 1 aromatic carbocycles. The first-order valence-electron chi connectivity index (χ1n) is 8.50. The fourth-order valence-electron chi connectivity index (χ4n) is 4.48. The molecule has 1 aromatic rings. The van der Waals surface area contributed by atoms with Crippen LogP contribution in [-0.4, -0.2) is 36.1 Å². The van der Waals surface area contributed by atoms with Crippen molar-refractivity contribution in [3.05, 3.63) is 35.4 Å². The summed E-state index contributed by atoms with van der Waals surface area (Å²) in [4.78, 5) is 14.9. The summed E-state index contributed by atoms with van der Waals surface area (Å²) < 4.78 is 5.90. The second-order valence-corrected chi connectivity index (χ2v) is 7.78. The van der Waals surface area contributed by atoms with Gasteiger partial charge in [-0.15, -0.1) is 0 Å². The van der Waals surface area contributed by atoms with Crippen molar-refractivity contribution in [2.24, 2.45) is 17.1 Å². The van der Waals surface area contributed by atoms with Crippen molar-refractivity contribution < 1.29 is 9.53 Å². The van der Waals surface area contributed by atoms with E-state index in [1.807, 2.05) is 13.1 Å². The van der Waals surface area contributed by atoms with E-state index in [2.05, 4.69) is 39.0 Å². The maximum atomic E-state index is 13.2. The van der Waals surface area contributed by atoms with Crippen molar-refractivity contribution in [1.82, 2.24) is 4.90 Å². The van der Waals surface area contributed by atoms with Gasteiger partial charge in [0.1, 0.15) is 5.54 Å². The van der Waals surface area contributed by atoms with E-state index in [9.17, 15) is 4.79 Å². The zero-order valence-corrected chi connectivity index (χ0v) is 14.6. The highest BCUT2D eigenvalue weighted by Crippen LogP contribution is 2.57. The van der Waals surface area contributed by atoms with Gasteiger partial charge in [-0.25, -0.2) is 0 Å². The van der Waals surface area contributed by atoms with Crippen molar-refractivity contribution in [2.45, 2.75) is 51.8 Å². The van der Waals surface area contributed by atoms with E-state index in [4.69, 9.17) is 10.5 Å². The first-order chi connectivity index (χ1) is 10.8. The lowest BCUT2D eigenvalue weighted by Gasteiger charge is -2.65. The molecule has 4 nitrogen and oxygen atoms in total. The highest BCUT2D eigenvalue weighted by atomic mass is 16.5. The third-order valence-corrected chi connectivity index (χ3v) is 5.89. The van der Waals surface area contributed by atoms with E-state index in [1.54, 1.807) is 4.90 Å². The number of rotatable bonds is 3. The normalized spacial score (nSPS) is 31.9. The van der Waals surface area contributed by atoms with Crippen LogP contribution in [0.5, 0.6) is 0 Å². The number of nitrogens with zero attached hydrogens (tertiary/aromatic N) is 1. The van der Waals surface area contributed by atoms with E-state index in [-0.39, 0.29) is 23.3 Å². The summed E-state index contributed by atoms with van der Waals surface area (Å²) in [5.41, 5.74) is 7.89. The number of ether oxygens (including phenoxy) is 1. The lowest BCUT2D eigenvalue weighted by Crippen LogP contribution is -2.82. The standard InChI is InChI=1S/C19H28N2O2/c1-13-7-5-8-14(11-13)12-21(4)17(22)19(20)15-9-6-10-23-16(15)18(19,2)3/h5,7-8,11,15-16H,6,9-10,12,20H2,1-4H3. The summed E-state index contributed by atoms with van der Waals surface area (Å²) in [6.07, 6.45) is 2.08. The fourth-order valence-corrected chi connectivity index (χ4v) is 4.48. The zero-order chi connectivity index (χ0) is 16.8. The fraction of sp³-hybridized carbons (Fsp3) is 0.632. The number of carbonyl (C=O) groups excluding carboxylic acids is 1. The van der Waals surface area contributed by atoms with Gasteiger partial charge in [0.25, 0.3) is 0 Å². The molecular formula is C19H28N2O2. The summed E-state index contributed by atoms with van der Waals surface area (Å²) in [5.74, 6) is 0.175. The number of hydrogen-bond donors (Lipinski definition) is 1. The minimum absolute atomic E-state index is 0.0377. The van der Waals surface area contributed by atoms with Gasteiger partial charge in [0.05, 0.1) is 6.10 Å². The number of nitrogens with two attached hydrogens (primary N) is 1. The van der Waals surface area contributed by atoms with Crippen molar-refractivity contribution in [2.75, 3.05) is 13.7 Å². The number of fused-ring (bicyclic) bond motifs is 1. The molecule has 2 N–H and O–H groups in total. The van der Waals surface area contributed by atoms with E-state index in [1.165, 1.54) is 5.56 Å². The van der Waals surface area contributed by atoms with Crippen LogP contribution in [0.2, 0.25) is 0 Å². The summed E-state index contributed by atoms with van der Waals surface area (Å²) in [6, 6.07) is 8.26. The van der Waals surface area contributed by atoms with Crippen LogP contribution >= 0.6 is 0 Å². The predicted octanol–water partition coefficient (Wildman–Crippen LogP) is 2.49. The topological polar surface area (TPSA) is 55.6 Å². The van der Waals surface area contributed by atoms with E-state index < -0.39 is 5.54 Å². The average Bonchev–Trinajstić information content (AvgIpc) is 2.53. The molecule has 0 spiro atoms. The molecule has 0 aromatic heterocycles. The summed E-state index contributed by atoms with van der Waals surface area (Å²) >= 11 is 0. The molecule has 1 amide bonds. The van der Waals surface area contributed by atoms with E-state index in [0.717, 1.165) is 25.0 Å². The quantitative estimate of drug-likeness (QED) is 0.932. The molecule has 2 aliphatic rings. The molecule has 1 aliphatic carbocycles. The number of carbonyl (C=O) groups is 1. The molecule has 3 unspecified atom stereocenters. The van der Waals surface area contributed by atoms with Crippen LogP contribution in [0, 0.1) is 18.3 Å². The largest absolute Gasteiger partial charge is 0.377 e. The van der Waals surface area contributed by atoms with Gasteiger partial charge in [0.15, 0.2) is 0 Å². The Morgan fingerprint density at radius 2 is 2.17 bits per heavy atom. The first-order valence-corrected chi connectivity index (χ1v) is 8.50. The first kappa shape index (κ1) is 16.5. The third kappa shape index (κ3) is 2.39. The molecule has 0 radical (unpaired) electrons. The van der Waals surface area contributed by atoms with Gasteiger partial charge in [-0.1, -0.05) is 43.7 Å². The SMILES string of the molecule is Cc1cccc(CN(C)C(=O)C2(N)C3CCCOC3C2(C)C)c1. The van der Waals surface area contributed by atoms with E-state index >= 15 is 0 Å². The van der Waals surface area contributed by atoms with Gasteiger partial charge in [-0.3, -0.25) is 4.79 Å². The Kier molecular flexibility index (Phi) is 4.01. The van der Waals surface area contributed by atoms with Crippen molar-refractivity contribution in [3.8, 4) is 0 Å². The lowest BCUT2D eigenvalue weighted by atomic mass is 9.46. The smallest absolute Gasteiger partial charge is 0.243 e. The van der Waals surface area contributed by atoms with Crippen LogP contribution in [0.4, 0.5) is 0 Å². The molecule has 2 fully saturated rings. The van der Waals surface area contributed by atoms with Crippen LogP contribution < -0.4 is 5.73 Å². The number of aryl methyl sites for hydroxylation is 1. The van der Waals surface area contributed by atoms with E-state index in [0.29, 0.717) is 6.54 Å². The Morgan fingerprint density at radius 3 is 2.87 bits per heavy atom. The second-order valence-electron chi connectivity index (χ2n) is 7.78. The molecule has 1 saturated carbocycles. The Bertz CT molecular complexity index is 613. The summed E-state index contributed by atoms with van der Waals surface area (Å²) in [5, 5.41) is 0. The molecular weight excluding hydrogens is 288 g/mol. The van der Waals surface area contributed by atoms with Crippen LogP contribution in [0.3, 0.4) is 0 Å². The van der Waals surface area contributed by atoms with Crippen molar-refractivity contribution >= 4 is 5.91 Å². The molecule has 0 bridgehead atoms. The number of benzene rings is 1. The molecule has 1 saturated heterocycles. The molecule has 1 aliphatic heterocycles. The number of amides is 1. The van der Waals surface area contributed by atoms with Crippen molar-refractivity contribution in [1.29, 1.82) is 0 Å². The monoisotopic (exact) mass is 316 g/mol. The predicted molar refractivity (Wildman–Crippen MR) is 90.8 cm³/mol. The minimum Gasteiger partial charge on any atom is -0.377 e. The zero-order valence-electron chi connectivity index (χ0n) is 14.6. The van der Waals surface area contributed by atoms with Crippen LogP contribution in [-0.2, 0) is 16.1 Å². The molecule has 3 rings (SSSR count). The molecule has 3 atom stereocenters. The van der Waals surface area contributed by atoms with Crippen molar-refractivity contribution in [3.63, 3.8) is 0 Å². The maximum Gasteiger partial charge on any atom is 0.243 e. The van der Waals surface area contributed by atoms with Crippen LogP contribution in [0.25, 0.3) is 0 Å². The lowest BCUT2D eigenvalue weighted by molar-refractivity contribution is -0.229. The highest BCUT2D eigenvalue weighted by molar-refractivity contribution is 5.89. The summed E-state index contributed by atoms with van der Waals surface area (Å²) in [7, 11) is 1.85. The van der Waals surface area contributed by atoms with Crippen LogP contribution in [0.1, 0.15) is 37.8 Å². The van der Waals surface area contributed by atoms with Gasteiger partial charge < -0.3 is 15.4 Å². The highest BCUT2D eigenvalue weighted by Gasteiger charge is 2.70. The molecule has 1 heterocycles. The molecule has 126 valence electrons. The molecule has 23 heavy (non-hydrogen) atoms. The Hall–Kier alpha value is -1.39. The third-order valence-electron chi connectivity index (χ3n) is 5.89. The second kappa shape index (κ2) is 5.60. The number of likely N-dealkylation sites (N-methyl/N-ethyl adjacent to an activating group) is 1. The van der Waals surface area contributed by atoms with Gasteiger partial charge in [-0.2, -0.15) is 0 Å². The minimum atomic E-state index is -0.823. The molecule has 4 heteroatoms. The maximum absolute atomic E-state index is 13.2. The Labute approximate surface area is 139 Å². The van der Waals surface area contributed by atoms with Gasteiger partial charge in [-0.05, 0) is 25.3 Å². The van der Waals surface area contributed by atoms with Gasteiger partial charge in [0.2, 0.25) is 5.91 Å². The Balaban J connectivity index is 1.78. The average molecular weight is 316 g/mol.